The molecule has 0 atom stereocenters. The van der Waals surface area contributed by atoms with E-state index in [0.717, 1.165) is 0 Å². The van der Waals surface area contributed by atoms with Gasteiger partial charge in [0, 0.05) is 43.1 Å². The fourth-order valence-corrected chi connectivity index (χ4v) is 4.47. The molecule has 2 rings (SSSR count). The molecule has 21 heavy (non-hydrogen) atoms. The lowest BCUT2D eigenvalue weighted by molar-refractivity contribution is -0.128. The smallest absolute Gasteiger partial charge is 0.243 e. The van der Waals surface area contributed by atoms with Crippen LogP contribution in [0.1, 0.15) is 13.3 Å². The van der Waals surface area contributed by atoms with Crippen LogP contribution < -0.4 is 0 Å². The van der Waals surface area contributed by atoms with E-state index in [1.807, 2.05) is 0 Å². The predicted octanol–water partition coefficient (Wildman–Crippen LogP) is 2.24. The molecule has 5 nitrogen and oxygen atoms in total. The van der Waals surface area contributed by atoms with Crippen molar-refractivity contribution >= 4 is 39.1 Å². The Hall–Kier alpha value is -0.820. The van der Waals surface area contributed by atoms with Crippen LogP contribution in [0.2, 0.25) is 10.0 Å². The average molecular weight is 351 g/mol. The van der Waals surface area contributed by atoms with Crippen molar-refractivity contribution in [3.8, 4) is 0 Å². The Kier molecular flexibility index (Phi) is 5.14. The molecule has 0 aliphatic carbocycles. The summed E-state index contributed by atoms with van der Waals surface area (Å²) in [5.41, 5.74) is 0. The summed E-state index contributed by atoms with van der Waals surface area (Å²) in [6.45, 7) is 3.09. The molecule has 0 bridgehead atoms. The number of benzene rings is 1. The van der Waals surface area contributed by atoms with E-state index in [0.29, 0.717) is 26.1 Å². The molecule has 1 saturated heterocycles. The Labute approximate surface area is 134 Å². The van der Waals surface area contributed by atoms with Gasteiger partial charge in [0.25, 0.3) is 0 Å². The van der Waals surface area contributed by atoms with Gasteiger partial charge < -0.3 is 4.90 Å². The van der Waals surface area contributed by atoms with E-state index in [1.165, 1.54) is 29.4 Å². The van der Waals surface area contributed by atoms with Crippen molar-refractivity contribution in [3.05, 3.63) is 28.2 Å². The van der Waals surface area contributed by atoms with Crippen molar-refractivity contribution in [3.63, 3.8) is 0 Å². The normalized spacial score (nSPS) is 17.6. The van der Waals surface area contributed by atoms with Crippen LogP contribution >= 0.6 is 23.2 Å². The monoisotopic (exact) mass is 350 g/mol. The van der Waals surface area contributed by atoms with Crippen molar-refractivity contribution < 1.29 is 13.2 Å². The van der Waals surface area contributed by atoms with Crippen molar-refractivity contribution in [2.24, 2.45) is 0 Å². The zero-order chi connectivity index (χ0) is 15.6. The number of carbonyl (C=O) groups is 1. The first kappa shape index (κ1) is 16.5. The minimum atomic E-state index is -3.65. The van der Waals surface area contributed by atoms with Gasteiger partial charge in [0.05, 0.1) is 4.90 Å². The SMILES string of the molecule is CC(=O)N1CCCN(S(=O)(=O)c2cc(Cl)cc(Cl)c2)CC1. The fourth-order valence-electron chi connectivity index (χ4n) is 2.28. The molecule has 0 aromatic heterocycles. The highest BCUT2D eigenvalue weighted by molar-refractivity contribution is 7.89. The maximum Gasteiger partial charge on any atom is 0.243 e. The molecule has 1 fully saturated rings. The molecule has 1 aliphatic rings. The number of hydrogen-bond donors (Lipinski definition) is 0. The highest BCUT2D eigenvalue weighted by Crippen LogP contribution is 2.25. The number of hydrogen-bond acceptors (Lipinski definition) is 3. The van der Waals surface area contributed by atoms with Crippen LogP contribution in [0.4, 0.5) is 0 Å². The summed E-state index contributed by atoms with van der Waals surface area (Å²) in [5, 5.41) is 0.558. The number of rotatable bonds is 2. The molecule has 0 radical (unpaired) electrons. The molecule has 0 N–H and O–H groups in total. The molecule has 1 aromatic carbocycles. The Morgan fingerprint density at radius 1 is 1.05 bits per heavy atom. The molecule has 0 saturated carbocycles. The van der Waals surface area contributed by atoms with E-state index in [-0.39, 0.29) is 27.4 Å². The first-order valence-corrected chi connectivity index (χ1v) is 8.72. The highest BCUT2D eigenvalue weighted by atomic mass is 35.5. The van der Waals surface area contributed by atoms with Crippen LogP contribution in [0.15, 0.2) is 23.1 Å². The second-order valence-electron chi connectivity index (χ2n) is 4.87. The first-order valence-electron chi connectivity index (χ1n) is 6.52. The van der Waals surface area contributed by atoms with E-state index >= 15 is 0 Å². The van der Waals surface area contributed by atoms with Gasteiger partial charge in [0.15, 0.2) is 0 Å². The summed E-state index contributed by atoms with van der Waals surface area (Å²) < 4.78 is 26.6. The van der Waals surface area contributed by atoms with E-state index in [4.69, 9.17) is 23.2 Å². The van der Waals surface area contributed by atoms with Gasteiger partial charge in [0.2, 0.25) is 15.9 Å². The summed E-state index contributed by atoms with van der Waals surface area (Å²) >= 11 is 11.7. The lowest BCUT2D eigenvalue weighted by atomic mass is 10.4. The van der Waals surface area contributed by atoms with Gasteiger partial charge in [-0.25, -0.2) is 8.42 Å². The van der Waals surface area contributed by atoms with Gasteiger partial charge in [-0.2, -0.15) is 4.31 Å². The highest BCUT2D eigenvalue weighted by Gasteiger charge is 2.28. The van der Waals surface area contributed by atoms with Crippen LogP contribution in [-0.4, -0.2) is 49.7 Å². The fraction of sp³-hybridized carbons (Fsp3) is 0.462. The standard InChI is InChI=1S/C13H16Cl2N2O3S/c1-10(18)16-3-2-4-17(6-5-16)21(19,20)13-8-11(14)7-12(15)9-13/h7-9H,2-6H2,1H3. The second kappa shape index (κ2) is 6.52. The number of sulfonamides is 1. The van der Waals surface area contributed by atoms with E-state index in [2.05, 4.69) is 0 Å². The number of nitrogens with zero attached hydrogens (tertiary/aromatic N) is 2. The van der Waals surface area contributed by atoms with E-state index < -0.39 is 10.0 Å². The summed E-state index contributed by atoms with van der Waals surface area (Å²) in [5.74, 6) is -0.0416. The zero-order valence-corrected chi connectivity index (χ0v) is 13.9. The molecule has 0 spiro atoms. The third-order valence-corrected chi connectivity index (χ3v) is 5.69. The summed E-state index contributed by atoms with van der Waals surface area (Å²) in [4.78, 5) is 13.1. The quantitative estimate of drug-likeness (QED) is 0.821. The Bertz CT molecular complexity index is 629. The Morgan fingerprint density at radius 3 is 2.24 bits per heavy atom. The van der Waals surface area contributed by atoms with Gasteiger partial charge >= 0.3 is 0 Å². The lowest BCUT2D eigenvalue weighted by Crippen LogP contribution is -2.36. The maximum atomic E-state index is 12.6. The lowest BCUT2D eigenvalue weighted by Gasteiger charge is -2.21. The number of halogens is 2. The van der Waals surface area contributed by atoms with Crippen LogP contribution in [0, 0.1) is 0 Å². The summed E-state index contributed by atoms with van der Waals surface area (Å²) in [6, 6.07) is 4.26. The molecule has 1 aliphatic heterocycles. The molecule has 116 valence electrons. The molecule has 1 amide bonds. The summed E-state index contributed by atoms with van der Waals surface area (Å²) in [6.07, 6.45) is 0.604. The van der Waals surface area contributed by atoms with E-state index in [1.54, 1.807) is 4.90 Å². The molecule has 1 aromatic rings. The first-order chi connectivity index (χ1) is 9.80. The van der Waals surface area contributed by atoms with Crippen LogP contribution in [0.3, 0.4) is 0 Å². The van der Waals surface area contributed by atoms with Gasteiger partial charge in [-0.05, 0) is 24.6 Å². The summed E-state index contributed by atoms with van der Waals surface area (Å²) in [7, 11) is -3.65. The minimum Gasteiger partial charge on any atom is -0.342 e. The predicted molar refractivity (Wildman–Crippen MR) is 82.1 cm³/mol. The zero-order valence-electron chi connectivity index (χ0n) is 11.6. The topological polar surface area (TPSA) is 57.7 Å². The van der Waals surface area contributed by atoms with Crippen molar-refractivity contribution in [1.82, 2.24) is 9.21 Å². The average Bonchev–Trinajstić information content (AvgIpc) is 2.63. The van der Waals surface area contributed by atoms with Crippen LogP contribution in [0.25, 0.3) is 0 Å². The molecule has 8 heteroatoms. The second-order valence-corrected chi connectivity index (χ2v) is 7.68. The Balaban J connectivity index is 2.25. The van der Waals surface area contributed by atoms with Crippen LogP contribution in [0.5, 0.6) is 0 Å². The van der Waals surface area contributed by atoms with Crippen LogP contribution in [-0.2, 0) is 14.8 Å². The van der Waals surface area contributed by atoms with Gasteiger partial charge in [0.1, 0.15) is 0 Å². The van der Waals surface area contributed by atoms with E-state index in [9.17, 15) is 13.2 Å². The van der Waals surface area contributed by atoms with Crippen molar-refractivity contribution in [2.45, 2.75) is 18.2 Å². The van der Waals surface area contributed by atoms with Gasteiger partial charge in [-0.1, -0.05) is 23.2 Å². The van der Waals surface area contributed by atoms with Gasteiger partial charge in [-0.3, -0.25) is 4.79 Å². The number of amides is 1. The maximum absolute atomic E-state index is 12.6. The minimum absolute atomic E-state index is 0.0416. The largest absolute Gasteiger partial charge is 0.342 e. The molecular weight excluding hydrogens is 335 g/mol. The third-order valence-electron chi connectivity index (χ3n) is 3.37. The third kappa shape index (κ3) is 3.88. The Morgan fingerprint density at radius 2 is 1.67 bits per heavy atom. The molecule has 1 heterocycles. The molecule has 0 unspecified atom stereocenters. The number of carbonyl (C=O) groups excluding carboxylic acids is 1. The molecular formula is C13H16Cl2N2O3S. The van der Waals surface area contributed by atoms with Gasteiger partial charge in [-0.15, -0.1) is 0 Å². The van der Waals surface area contributed by atoms with Crippen molar-refractivity contribution in [1.29, 1.82) is 0 Å². The van der Waals surface area contributed by atoms with Crippen molar-refractivity contribution in [2.75, 3.05) is 26.2 Å².